The van der Waals surface area contributed by atoms with Gasteiger partial charge in [-0.3, -0.25) is 14.4 Å². The Morgan fingerprint density at radius 2 is 1.44 bits per heavy atom. The van der Waals surface area contributed by atoms with Crippen LogP contribution >= 0.6 is 23.4 Å². The topological polar surface area (TPSA) is 107 Å². The number of carboxylic acid groups (broad SMARTS) is 2. The molecule has 7 nitrogen and oxygen atoms in total. The van der Waals surface area contributed by atoms with Crippen molar-refractivity contribution in [2.75, 3.05) is 13.1 Å². The van der Waals surface area contributed by atoms with E-state index in [1.54, 1.807) is 36.0 Å². The summed E-state index contributed by atoms with van der Waals surface area (Å²) in [5.74, 6) is -2.36. The highest BCUT2D eigenvalue weighted by Gasteiger charge is 2.30. The molecule has 1 heterocycles. The highest BCUT2D eigenvalue weighted by atomic mass is 35.5. The minimum Gasteiger partial charge on any atom is -0.481 e. The van der Waals surface area contributed by atoms with E-state index in [9.17, 15) is 32.0 Å². The van der Waals surface area contributed by atoms with Gasteiger partial charge in [0.25, 0.3) is 5.91 Å². The molecular weight excluding hydrogens is 612 g/mol. The van der Waals surface area contributed by atoms with Crippen LogP contribution in [0.15, 0.2) is 65.6 Å². The van der Waals surface area contributed by atoms with Crippen LogP contribution in [0.2, 0.25) is 5.02 Å². The number of fused-ring (bicyclic) bond motifs is 1. The zero-order valence-corrected chi connectivity index (χ0v) is 24.4. The Hall–Kier alpha value is -3.61. The van der Waals surface area contributed by atoms with Gasteiger partial charge in [-0.05, 0) is 78.5 Å². The van der Waals surface area contributed by atoms with Crippen molar-refractivity contribution in [3.8, 4) is 0 Å². The molecule has 0 aliphatic carbocycles. The summed E-state index contributed by atoms with van der Waals surface area (Å²) in [4.78, 5) is 32.8. The van der Waals surface area contributed by atoms with Crippen LogP contribution in [0.5, 0.6) is 0 Å². The first kappa shape index (κ1) is 33.9. The number of aliphatic carboxylic acids is 2. The minimum absolute atomic E-state index is 0.000599. The molecule has 0 saturated heterocycles. The van der Waals surface area contributed by atoms with Crippen LogP contribution in [0.4, 0.5) is 17.7 Å². The number of amides is 1. The number of nitrogens with one attached hydrogen (secondary N) is 1. The van der Waals surface area contributed by atoms with Gasteiger partial charge in [-0.25, -0.2) is 0 Å². The molecule has 0 fully saturated rings. The predicted octanol–water partition coefficient (Wildman–Crippen LogP) is 6.80. The van der Waals surface area contributed by atoms with Gasteiger partial charge in [-0.2, -0.15) is 18.3 Å². The maximum absolute atomic E-state index is 14.4. The molecule has 13 heteroatoms. The van der Waals surface area contributed by atoms with Gasteiger partial charge in [0, 0.05) is 16.2 Å². The molecule has 230 valence electrons. The lowest BCUT2D eigenvalue weighted by Crippen LogP contribution is -2.22. The maximum Gasteiger partial charge on any atom is 0.416 e. The first-order valence-electron chi connectivity index (χ1n) is 13.1. The first-order valence-corrected chi connectivity index (χ1v) is 14.5. The van der Waals surface area contributed by atoms with Gasteiger partial charge in [-0.15, -0.1) is 11.8 Å². The van der Waals surface area contributed by atoms with Gasteiger partial charge in [0.05, 0.1) is 30.0 Å². The number of carboxylic acids is 2. The van der Waals surface area contributed by atoms with Gasteiger partial charge in [-0.1, -0.05) is 46.4 Å². The third kappa shape index (κ3) is 10.6. The van der Waals surface area contributed by atoms with Crippen LogP contribution in [-0.4, -0.2) is 46.3 Å². The Morgan fingerprint density at radius 1 is 0.860 bits per heavy atom. The molecule has 3 N–H and O–H groups in total. The van der Waals surface area contributed by atoms with E-state index in [0.717, 1.165) is 65.7 Å². The van der Waals surface area contributed by atoms with Crippen LogP contribution in [0, 0.1) is 0 Å². The smallest absolute Gasteiger partial charge is 0.416 e. The zero-order chi connectivity index (χ0) is 31.6. The van der Waals surface area contributed by atoms with Gasteiger partial charge in [0.15, 0.2) is 0 Å². The van der Waals surface area contributed by atoms with Crippen LogP contribution in [-0.2, 0) is 40.9 Å². The lowest BCUT2D eigenvalue weighted by atomic mass is 10.0. The number of rotatable bonds is 9. The molecule has 0 atom stereocenters. The Labute approximate surface area is 254 Å². The van der Waals surface area contributed by atoms with E-state index in [1.165, 1.54) is 11.1 Å². The molecule has 3 aromatic carbocycles. The van der Waals surface area contributed by atoms with Gasteiger partial charge < -0.3 is 15.5 Å². The molecule has 0 saturated carbocycles. The Morgan fingerprint density at radius 3 is 2.02 bits per heavy atom. The molecule has 4 rings (SSSR count). The fourth-order valence-electron chi connectivity index (χ4n) is 4.15. The summed E-state index contributed by atoms with van der Waals surface area (Å²) in [6.45, 7) is 1.41. The number of carbonyl (C=O) groups is 3. The lowest BCUT2D eigenvalue weighted by molar-refractivity contribution is -0.143. The van der Waals surface area contributed by atoms with Crippen LogP contribution < -0.4 is 5.32 Å². The van der Waals surface area contributed by atoms with Crippen molar-refractivity contribution in [1.82, 2.24) is 10.4 Å². The first-order chi connectivity index (χ1) is 20.3. The molecule has 1 aliphatic rings. The Kier molecular flexibility index (Phi) is 12.4. The number of nitrogens with zero attached hydrogens (tertiary/aromatic N) is 1. The van der Waals surface area contributed by atoms with Crippen molar-refractivity contribution in [2.45, 2.75) is 49.1 Å². The highest BCUT2D eigenvalue weighted by Crippen LogP contribution is 2.36. The van der Waals surface area contributed by atoms with Crippen molar-refractivity contribution < 1.29 is 42.2 Å². The summed E-state index contributed by atoms with van der Waals surface area (Å²) < 4.78 is 52.5. The number of alkyl halides is 3. The predicted molar refractivity (Wildman–Crippen MR) is 155 cm³/mol. The third-order valence-electron chi connectivity index (χ3n) is 6.39. The summed E-state index contributed by atoms with van der Waals surface area (Å²) in [5.41, 5.74) is 3.13. The van der Waals surface area contributed by atoms with Gasteiger partial charge >= 0.3 is 18.1 Å². The molecule has 0 bridgehead atoms. The second kappa shape index (κ2) is 15.7. The second-order valence-electron chi connectivity index (χ2n) is 9.56. The monoisotopic (exact) mass is 640 g/mol. The highest BCUT2D eigenvalue weighted by molar-refractivity contribution is 7.98. The number of hydrogen-bond acceptors (Lipinski definition) is 5. The summed E-state index contributed by atoms with van der Waals surface area (Å²) in [6.07, 6.45) is -3.18. The number of benzene rings is 3. The summed E-state index contributed by atoms with van der Waals surface area (Å²) in [5, 5.41) is 19.9. The number of halogens is 5. The molecule has 0 radical (unpaired) electrons. The van der Waals surface area contributed by atoms with E-state index in [-0.39, 0.29) is 29.1 Å². The fourth-order valence-corrected chi connectivity index (χ4v) is 5.61. The van der Waals surface area contributed by atoms with E-state index in [1.807, 2.05) is 6.07 Å². The van der Waals surface area contributed by atoms with Crippen molar-refractivity contribution in [3.63, 3.8) is 0 Å². The standard InChI is InChI=1S/C26H23ClF4N2OS.C4H6O4/c27-23-10-7-19-11-13-32-14-12-22(19)24(23)35-16-18-1-5-20(6-2-18)25(34)33(31)15-17-3-8-21(9-4-17)26(28,29)30;5-3(6)1-2-4(7)8/h1-10,32H,11-16H2;1-2H2,(H,5,6)(H,7,8). The van der Waals surface area contributed by atoms with E-state index < -0.39 is 36.1 Å². The second-order valence-corrected chi connectivity index (χ2v) is 11.0. The molecule has 43 heavy (non-hydrogen) atoms. The van der Waals surface area contributed by atoms with E-state index >= 15 is 0 Å². The van der Waals surface area contributed by atoms with Crippen LogP contribution in [0.3, 0.4) is 0 Å². The third-order valence-corrected chi connectivity index (χ3v) is 8.05. The normalized spacial score (nSPS) is 12.8. The molecule has 1 amide bonds. The quantitative estimate of drug-likeness (QED) is 0.134. The van der Waals surface area contributed by atoms with Gasteiger partial charge in [0.1, 0.15) is 0 Å². The molecular formula is C30H29ClF4N2O5S. The summed E-state index contributed by atoms with van der Waals surface area (Å²) in [6, 6.07) is 14.7. The van der Waals surface area contributed by atoms with Crippen LogP contribution in [0.1, 0.15) is 51.0 Å². The number of carbonyl (C=O) groups excluding carboxylic acids is 1. The van der Waals surface area contributed by atoms with Crippen molar-refractivity contribution in [1.29, 1.82) is 0 Å². The van der Waals surface area contributed by atoms with E-state index in [4.69, 9.17) is 21.8 Å². The average Bonchev–Trinajstić information content (AvgIpc) is 3.21. The number of hydrogen-bond donors (Lipinski definition) is 3. The zero-order valence-electron chi connectivity index (χ0n) is 22.8. The van der Waals surface area contributed by atoms with Crippen molar-refractivity contribution in [3.05, 3.63) is 99.1 Å². The Balaban J connectivity index is 0.000000557. The summed E-state index contributed by atoms with van der Waals surface area (Å²) >= 11 is 8.13. The molecule has 0 spiro atoms. The van der Waals surface area contributed by atoms with E-state index in [0.29, 0.717) is 5.75 Å². The van der Waals surface area contributed by atoms with E-state index in [2.05, 4.69) is 11.4 Å². The van der Waals surface area contributed by atoms with Crippen molar-refractivity contribution >= 4 is 41.2 Å². The number of thioether (sulfide) groups is 1. The van der Waals surface area contributed by atoms with Crippen molar-refractivity contribution in [2.24, 2.45) is 0 Å². The SMILES string of the molecule is O=C(O)CCC(=O)O.O=C(c1ccc(CSc2c(Cl)ccc3c2CCNCC3)cc1)N(F)Cc1ccc(C(F)(F)F)cc1. The molecule has 3 aromatic rings. The van der Waals surface area contributed by atoms with Crippen LogP contribution in [0.25, 0.3) is 0 Å². The minimum atomic E-state index is -4.47. The average molecular weight is 641 g/mol. The Bertz CT molecular complexity index is 1410. The maximum atomic E-state index is 14.4. The van der Waals surface area contributed by atoms with Gasteiger partial charge in [0.2, 0.25) is 0 Å². The largest absolute Gasteiger partial charge is 0.481 e. The summed E-state index contributed by atoms with van der Waals surface area (Å²) in [7, 11) is 0. The molecule has 1 aliphatic heterocycles. The fraction of sp³-hybridized carbons (Fsp3) is 0.300. The molecule has 0 aromatic heterocycles. The molecule has 0 unspecified atom stereocenters. The lowest BCUT2D eigenvalue weighted by Gasteiger charge is -2.15.